The summed E-state index contributed by atoms with van der Waals surface area (Å²) in [5, 5.41) is 0. The van der Waals surface area contributed by atoms with Crippen LogP contribution in [0.5, 0.6) is 5.75 Å². The Kier molecular flexibility index (Phi) is 3.21. The summed E-state index contributed by atoms with van der Waals surface area (Å²) in [6.07, 6.45) is 2.37. The molecule has 1 atom stereocenters. The first kappa shape index (κ1) is 10.4. The van der Waals surface area contributed by atoms with E-state index in [4.69, 9.17) is 9.47 Å². The van der Waals surface area contributed by atoms with Crippen LogP contribution in [0.2, 0.25) is 0 Å². The van der Waals surface area contributed by atoms with E-state index >= 15 is 0 Å². The zero-order valence-electron chi connectivity index (χ0n) is 8.83. The molecule has 1 aliphatic heterocycles. The standard InChI is InChI=1S/C12H15FO2/c1-9-7-10(13)4-5-12(9)15-8-11-3-2-6-14-11/h4-5,7,11H,2-3,6,8H2,1H3. The van der Waals surface area contributed by atoms with E-state index in [9.17, 15) is 4.39 Å². The van der Waals surface area contributed by atoms with Gasteiger partial charge in [-0.2, -0.15) is 0 Å². The molecule has 1 aliphatic rings. The fourth-order valence-corrected chi connectivity index (χ4v) is 1.73. The van der Waals surface area contributed by atoms with Crippen molar-refractivity contribution < 1.29 is 13.9 Å². The van der Waals surface area contributed by atoms with Gasteiger partial charge in [0.15, 0.2) is 0 Å². The molecule has 2 nitrogen and oxygen atoms in total. The number of halogens is 1. The van der Waals surface area contributed by atoms with E-state index in [0.717, 1.165) is 30.8 Å². The van der Waals surface area contributed by atoms with Crippen LogP contribution < -0.4 is 4.74 Å². The van der Waals surface area contributed by atoms with Crippen LogP contribution in [0, 0.1) is 12.7 Å². The maximum atomic E-state index is 12.8. The van der Waals surface area contributed by atoms with Crippen molar-refractivity contribution in [1.82, 2.24) is 0 Å². The van der Waals surface area contributed by atoms with Crippen LogP contribution >= 0.6 is 0 Å². The Hall–Kier alpha value is -1.09. The molecule has 2 rings (SSSR count). The van der Waals surface area contributed by atoms with Gasteiger partial charge in [0, 0.05) is 6.61 Å². The second-order valence-corrected chi connectivity index (χ2v) is 3.86. The quantitative estimate of drug-likeness (QED) is 0.763. The molecular weight excluding hydrogens is 195 g/mol. The summed E-state index contributed by atoms with van der Waals surface area (Å²) >= 11 is 0. The fourth-order valence-electron chi connectivity index (χ4n) is 1.73. The molecule has 1 aromatic rings. The van der Waals surface area contributed by atoms with Crippen LogP contribution in [0.3, 0.4) is 0 Å². The third-order valence-electron chi connectivity index (χ3n) is 2.59. The molecule has 0 saturated carbocycles. The first-order chi connectivity index (χ1) is 7.25. The minimum absolute atomic E-state index is 0.203. The predicted molar refractivity (Wildman–Crippen MR) is 55.6 cm³/mol. The highest BCUT2D eigenvalue weighted by atomic mass is 19.1. The van der Waals surface area contributed by atoms with Crippen LogP contribution in [-0.4, -0.2) is 19.3 Å². The van der Waals surface area contributed by atoms with Crippen LogP contribution in [0.4, 0.5) is 4.39 Å². The summed E-state index contributed by atoms with van der Waals surface area (Å²) in [6.45, 7) is 3.23. The van der Waals surface area contributed by atoms with Crippen molar-refractivity contribution in [2.75, 3.05) is 13.2 Å². The van der Waals surface area contributed by atoms with Gasteiger partial charge in [-0.15, -0.1) is 0 Å². The molecule has 0 aromatic heterocycles. The monoisotopic (exact) mass is 210 g/mol. The molecule has 1 fully saturated rings. The van der Waals surface area contributed by atoms with Crippen molar-refractivity contribution in [3.63, 3.8) is 0 Å². The molecule has 1 aromatic carbocycles. The number of aryl methyl sites for hydroxylation is 1. The summed E-state index contributed by atoms with van der Waals surface area (Å²) in [5.41, 5.74) is 0.827. The van der Waals surface area contributed by atoms with Crippen molar-refractivity contribution in [2.24, 2.45) is 0 Å². The molecule has 0 spiro atoms. The van der Waals surface area contributed by atoms with E-state index < -0.39 is 0 Å². The van der Waals surface area contributed by atoms with Crippen molar-refractivity contribution in [3.8, 4) is 5.75 Å². The Bertz CT molecular complexity index is 332. The number of hydrogen-bond acceptors (Lipinski definition) is 2. The van der Waals surface area contributed by atoms with Crippen molar-refractivity contribution >= 4 is 0 Å². The number of benzene rings is 1. The Balaban J connectivity index is 1.92. The Labute approximate surface area is 89.0 Å². The smallest absolute Gasteiger partial charge is 0.123 e. The lowest BCUT2D eigenvalue weighted by molar-refractivity contribution is 0.0677. The maximum absolute atomic E-state index is 12.8. The molecular formula is C12H15FO2. The van der Waals surface area contributed by atoms with Gasteiger partial charge < -0.3 is 9.47 Å². The molecule has 1 unspecified atom stereocenters. The molecule has 1 heterocycles. The molecule has 0 aliphatic carbocycles. The van der Waals surface area contributed by atoms with Gasteiger partial charge in [-0.3, -0.25) is 0 Å². The minimum atomic E-state index is -0.225. The first-order valence-corrected chi connectivity index (χ1v) is 5.26. The number of hydrogen-bond donors (Lipinski definition) is 0. The summed E-state index contributed by atoms with van der Waals surface area (Å²) in [5.74, 6) is 0.517. The summed E-state index contributed by atoms with van der Waals surface area (Å²) in [7, 11) is 0. The van der Waals surface area contributed by atoms with Gasteiger partial charge >= 0.3 is 0 Å². The zero-order valence-corrected chi connectivity index (χ0v) is 8.83. The zero-order chi connectivity index (χ0) is 10.7. The van der Waals surface area contributed by atoms with E-state index in [1.54, 1.807) is 6.07 Å². The third kappa shape index (κ3) is 2.69. The fraction of sp³-hybridized carbons (Fsp3) is 0.500. The predicted octanol–water partition coefficient (Wildman–Crippen LogP) is 2.69. The summed E-state index contributed by atoms with van der Waals surface area (Å²) in [4.78, 5) is 0. The van der Waals surface area contributed by atoms with Crippen LogP contribution in [0.25, 0.3) is 0 Å². The van der Waals surface area contributed by atoms with E-state index in [0.29, 0.717) is 6.61 Å². The molecule has 1 saturated heterocycles. The second kappa shape index (κ2) is 4.62. The second-order valence-electron chi connectivity index (χ2n) is 3.86. The number of ether oxygens (including phenoxy) is 2. The van der Waals surface area contributed by atoms with Gasteiger partial charge in [0.2, 0.25) is 0 Å². The van der Waals surface area contributed by atoms with Gasteiger partial charge in [-0.05, 0) is 43.5 Å². The largest absolute Gasteiger partial charge is 0.491 e. The van der Waals surface area contributed by atoms with Gasteiger partial charge in [0.1, 0.15) is 18.2 Å². The van der Waals surface area contributed by atoms with E-state index in [2.05, 4.69) is 0 Å². The Morgan fingerprint density at radius 2 is 2.40 bits per heavy atom. The Morgan fingerprint density at radius 3 is 3.07 bits per heavy atom. The molecule has 0 bridgehead atoms. The summed E-state index contributed by atoms with van der Waals surface area (Å²) < 4.78 is 23.8. The first-order valence-electron chi connectivity index (χ1n) is 5.26. The number of rotatable bonds is 3. The molecule has 0 radical (unpaired) electrons. The topological polar surface area (TPSA) is 18.5 Å². The van der Waals surface area contributed by atoms with Gasteiger partial charge in [0.05, 0.1) is 6.10 Å². The molecule has 0 amide bonds. The maximum Gasteiger partial charge on any atom is 0.123 e. The van der Waals surface area contributed by atoms with Crippen molar-refractivity contribution in [3.05, 3.63) is 29.6 Å². The average molecular weight is 210 g/mol. The van der Waals surface area contributed by atoms with Gasteiger partial charge in [0.25, 0.3) is 0 Å². The normalized spacial score (nSPS) is 20.5. The highest BCUT2D eigenvalue weighted by Gasteiger charge is 2.16. The third-order valence-corrected chi connectivity index (χ3v) is 2.59. The lowest BCUT2D eigenvalue weighted by Gasteiger charge is -2.13. The van der Waals surface area contributed by atoms with Crippen LogP contribution in [0.1, 0.15) is 18.4 Å². The molecule has 3 heteroatoms. The van der Waals surface area contributed by atoms with E-state index in [-0.39, 0.29) is 11.9 Å². The lowest BCUT2D eigenvalue weighted by Crippen LogP contribution is -2.16. The SMILES string of the molecule is Cc1cc(F)ccc1OCC1CCCO1. The highest BCUT2D eigenvalue weighted by Crippen LogP contribution is 2.20. The minimum Gasteiger partial charge on any atom is -0.491 e. The summed E-state index contributed by atoms with van der Waals surface area (Å²) in [6, 6.07) is 4.56. The lowest BCUT2D eigenvalue weighted by atomic mass is 10.2. The highest BCUT2D eigenvalue weighted by molar-refractivity contribution is 5.32. The van der Waals surface area contributed by atoms with Gasteiger partial charge in [-0.1, -0.05) is 0 Å². The molecule has 0 N–H and O–H groups in total. The molecule has 15 heavy (non-hydrogen) atoms. The van der Waals surface area contributed by atoms with E-state index in [1.807, 2.05) is 6.92 Å². The van der Waals surface area contributed by atoms with Crippen molar-refractivity contribution in [1.29, 1.82) is 0 Å². The van der Waals surface area contributed by atoms with Crippen LogP contribution in [0.15, 0.2) is 18.2 Å². The van der Waals surface area contributed by atoms with Crippen molar-refractivity contribution in [2.45, 2.75) is 25.9 Å². The van der Waals surface area contributed by atoms with Crippen LogP contribution in [-0.2, 0) is 4.74 Å². The van der Waals surface area contributed by atoms with Gasteiger partial charge in [-0.25, -0.2) is 4.39 Å². The van der Waals surface area contributed by atoms with E-state index in [1.165, 1.54) is 12.1 Å². The molecule has 82 valence electrons. The Morgan fingerprint density at radius 1 is 1.53 bits per heavy atom. The average Bonchev–Trinajstić information content (AvgIpc) is 2.69.